The van der Waals surface area contributed by atoms with Crippen LogP contribution in [0.3, 0.4) is 0 Å². The van der Waals surface area contributed by atoms with E-state index in [2.05, 4.69) is 15.4 Å². The van der Waals surface area contributed by atoms with Gasteiger partial charge in [0.1, 0.15) is 9.88 Å². The van der Waals surface area contributed by atoms with Crippen molar-refractivity contribution in [2.45, 2.75) is 39.8 Å². The molecule has 0 bridgehead atoms. The molecule has 0 aliphatic rings. The van der Waals surface area contributed by atoms with Gasteiger partial charge in [-0.3, -0.25) is 9.48 Å². The highest BCUT2D eigenvalue weighted by Crippen LogP contribution is 2.24. The number of rotatable bonds is 7. The van der Waals surface area contributed by atoms with E-state index in [1.165, 1.54) is 0 Å². The molecule has 0 fully saturated rings. The average molecular weight is 398 g/mol. The minimum absolute atomic E-state index is 0.195. The number of carboxylic acids is 1. The van der Waals surface area contributed by atoms with Crippen LogP contribution in [0, 0.1) is 6.92 Å². The third-order valence-electron chi connectivity index (χ3n) is 4.43. The number of nitrogens with one attached hydrogen (secondary N) is 1. The Balaban J connectivity index is 1.77. The molecule has 2 aromatic heterocycles. The summed E-state index contributed by atoms with van der Waals surface area (Å²) >= 11 is 1.08. The summed E-state index contributed by atoms with van der Waals surface area (Å²) in [4.78, 5) is 28.5. The molecule has 1 amide bonds. The number of aromatic carboxylic acids is 1. The van der Waals surface area contributed by atoms with E-state index in [1.54, 1.807) is 20.0 Å². The van der Waals surface area contributed by atoms with Gasteiger partial charge in [-0.25, -0.2) is 9.78 Å². The number of nitrogens with zero attached hydrogens (tertiary/aromatic N) is 3. The maximum atomic E-state index is 12.8. The van der Waals surface area contributed by atoms with Crippen LogP contribution in [0.25, 0.3) is 0 Å². The summed E-state index contributed by atoms with van der Waals surface area (Å²) in [7, 11) is 0. The molecule has 2 N–H and O–H groups in total. The predicted molar refractivity (Wildman–Crippen MR) is 107 cm³/mol. The van der Waals surface area contributed by atoms with Crippen LogP contribution in [0.5, 0.6) is 0 Å². The molecule has 1 unspecified atom stereocenters. The van der Waals surface area contributed by atoms with Crippen molar-refractivity contribution in [1.82, 2.24) is 20.1 Å². The summed E-state index contributed by atoms with van der Waals surface area (Å²) in [5.74, 6) is -1.25. The van der Waals surface area contributed by atoms with Crippen LogP contribution in [0.2, 0.25) is 0 Å². The second kappa shape index (κ2) is 8.35. The number of carboxylic acid groups (broad SMARTS) is 1. The maximum Gasteiger partial charge on any atom is 0.347 e. The molecule has 1 atom stereocenters. The number of hydrogen-bond acceptors (Lipinski definition) is 5. The first kappa shape index (κ1) is 19.8. The van der Waals surface area contributed by atoms with Gasteiger partial charge in [-0.05, 0) is 25.8 Å². The molecule has 0 aliphatic heterocycles. The molecule has 0 aliphatic carbocycles. The van der Waals surface area contributed by atoms with Crippen molar-refractivity contribution in [2.24, 2.45) is 0 Å². The van der Waals surface area contributed by atoms with Gasteiger partial charge in [0.25, 0.3) is 5.91 Å². The zero-order chi connectivity index (χ0) is 20.3. The van der Waals surface area contributed by atoms with Crippen molar-refractivity contribution in [3.63, 3.8) is 0 Å². The fraction of sp³-hybridized carbons (Fsp3) is 0.300. The van der Waals surface area contributed by atoms with Gasteiger partial charge in [-0.2, -0.15) is 5.10 Å². The minimum atomic E-state index is -1.00. The molecule has 0 saturated heterocycles. The van der Waals surface area contributed by atoms with Gasteiger partial charge in [0, 0.05) is 0 Å². The largest absolute Gasteiger partial charge is 0.477 e. The Hall–Kier alpha value is -3.00. The lowest BCUT2D eigenvalue weighted by atomic mass is 10.1. The summed E-state index contributed by atoms with van der Waals surface area (Å²) in [6.07, 6.45) is 2.25. The van der Waals surface area contributed by atoms with Crippen molar-refractivity contribution in [1.29, 1.82) is 0 Å². The molecule has 3 aromatic rings. The molecular weight excluding hydrogens is 376 g/mol. The van der Waals surface area contributed by atoms with Crippen LogP contribution in [0.4, 0.5) is 0 Å². The Kier molecular flexibility index (Phi) is 5.89. The Morgan fingerprint density at radius 1 is 1.29 bits per heavy atom. The Morgan fingerprint density at radius 2 is 2.00 bits per heavy atom. The Labute approximate surface area is 167 Å². The highest BCUT2D eigenvalue weighted by atomic mass is 32.1. The number of amides is 1. The molecule has 8 heteroatoms. The highest BCUT2D eigenvalue weighted by molar-refractivity contribution is 7.13. The van der Waals surface area contributed by atoms with Crippen LogP contribution >= 0.6 is 11.3 Å². The Morgan fingerprint density at radius 3 is 2.61 bits per heavy atom. The number of carbonyl (C=O) groups excluding carboxylic acids is 1. The number of carbonyl (C=O) groups is 2. The molecule has 28 heavy (non-hydrogen) atoms. The predicted octanol–water partition coefficient (Wildman–Crippen LogP) is 3.45. The van der Waals surface area contributed by atoms with E-state index in [0.29, 0.717) is 29.2 Å². The van der Waals surface area contributed by atoms with Crippen molar-refractivity contribution in [3.8, 4) is 0 Å². The van der Waals surface area contributed by atoms with E-state index in [-0.39, 0.29) is 10.8 Å². The Bertz CT molecular complexity index is 994. The summed E-state index contributed by atoms with van der Waals surface area (Å²) in [6, 6.07) is 9.56. The molecule has 146 valence electrons. The monoisotopic (exact) mass is 398 g/mol. The number of aryl methyl sites for hydroxylation is 1. The highest BCUT2D eigenvalue weighted by Gasteiger charge is 2.22. The van der Waals surface area contributed by atoms with Crippen molar-refractivity contribution in [2.75, 3.05) is 0 Å². The van der Waals surface area contributed by atoms with Crippen LogP contribution < -0.4 is 5.32 Å². The normalized spacial score (nSPS) is 12.0. The summed E-state index contributed by atoms with van der Waals surface area (Å²) < 4.78 is 1.84. The lowest BCUT2D eigenvalue weighted by molar-refractivity contribution is 0.0701. The summed E-state index contributed by atoms with van der Waals surface area (Å²) in [6.45, 7) is 6.03. The van der Waals surface area contributed by atoms with Gasteiger partial charge in [0.05, 0.1) is 35.7 Å². The molecule has 0 spiro atoms. The third kappa shape index (κ3) is 4.12. The van der Waals surface area contributed by atoms with Gasteiger partial charge in [-0.1, -0.05) is 37.3 Å². The summed E-state index contributed by atoms with van der Waals surface area (Å²) in [5, 5.41) is 17.0. The molecule has 0 saturated carbocycles. The lowest BCUT2D eigenvalue weighted by Crippen LogP contribution is -2.27. The van der Waals surface area contributed by atoms with Crippen LogP contribution in [0.15, 0.2) is 36.5 Å². The van der Waals surface area contributed by atoms with Crippen molar-refractivity contribution >= 4 is 23.2 Å². The van der Waals surface area contributed by atoms with E-state index >= 15 is 0 Å². The van der Waals surface area contributed by atoms with Gasteiger partial charge in [0.2, 0.25) is 0 Å². The van der Waals surface area contributed by atoms with Crippen molar-refractivity contribution < 1.29 is 14.7 Å². The molecular formula is C20H22N4O3S. The smallest absolute Gasteiger partial charge is 0.347 e. The van der Waals surface area contributed by atoms with Gasteiger partial charge >= 0.3 is 5.97 Å². The number of benzene rings is 1. The van der Waals surface area contributed by atoms with E-state index in [0.717, 1.165) is 22.6 Å². The zero-order valence-corrected chi connectivity index (χ0v) is 16.8. The number of aromatic nitrogens is 3. The molecule has 7 nitrogen and oxygen atoms in total. The van der Waals surface area contributed by atoms with Crippen LogP contribution in [0.1, 0.15) is 61.9 Å². The van der Waals surface area contributed by atoms with Gasteiger partial charge < -0.3 is 10.4 Å². The molecule has 0 radical (unpaired) electrons. The lowest BCUT2D eigenvalue weighted by Gasteiger charge is -2.12. The summed E-state index contributed by atoms with van der Waals surface area (Å²) in [5.41, 5.74) is 2.95. The van der Waals surface area contributed by atoms with E-state index < -0.39 is 12.0 Å². The molecule has 1 aromatic carbocycles. The molecule has 3 rings (SSSR count). The first-order valence-electron chi connectivity index (χ1n) is 9.00. The van der Waals surface area contributed by atoms with E-state index in [9.17, 15) is 14.7 Å². The maximum absolute atomic E-state index is 12.8. The standard InChI is InChI=1S/C20H22N4O3S/c1-4-16-15(10-21-24(16)11-14-8-6-5-7-9-14)18(25)22-13(3)19-23-12(2)17(28-19)20(26)27/h5-10,13H,4,11H2,1-3H3,(H,22,25)(H,26,27). The fourth-order valence-electron chi connectivity index (χ4n) is 3.00. The average Bonchev–Trinajstić information content (AvgIpc) is 3.26. The fourth-order valence-corrected chi connectivity index (χ4v) is 3.91. The van der Waals surface area contributed by atoms with Crippen molar-refractivity contribution in [3.05, 3.63) is 68.9 Å². The van der Waals surface area contributed by atoms with Gasteiger partial charge in [-0.15, -0.1) is 11.3 Å². The van der Waals surface area contributed by atoms with Crippen LogP contribution in [-0.4, -0.2) is 31.7 Å². The second-order valence-electron chi connectivity index (χ2n) is 6.47. The molecule has 2 heterocycles. The third-order valence-corrected chi connectivity index (χ3v) is 5.76. The van der Waals surface area contributed by atoms with Gasteiger partial charge in [0.15, 0.2) is 0 Å². The van der Waals surface area contributed by atoms with E-state index in [4.69, 9.17) is 0 Å². The SMILES string of the molecule is CCc1c(C(=O)NC(C)c2nc(C)c(C(=O)O)s2)cnn1Cc1ccccc1. The first-order chi connectivity index (χ1) is 13.4. The number of hydrogen-bond donors (Lipinski definition) is 2. The first-order valence-corrected chi connectivity index (χ1v) is 9.82. The number of thiazole rings is 1. The zero-order valence-electron chi connectivity index (χ0n) is 16.0. The quantitative estimate of drug-likeness (QED) is 0.635. The second-order valence-corrected chi connectivity index (χ2v) is 7.50. The minimum Gasteiger partial charge on any atom is -0.477 e. The van der Waals surface area contributed by atoms with E-state index in [1.807, 2.05) is 41.9 Å². The van der Waals surface area contributed by atoms with Crippen LogP contribution in [-0.2, 0) is 13.0 Å². The topological polar surface area (TPSA) is 97.1 Å².